The van der Waals surface area contributed by atoms with Crippen LogP contribution in [0, 0.1) is 0 Å². The summed E-state index contributed by atoms with van der Waals surface area (Å²) < 4.78 is 47.5. The van der Waals surface area contributed by atoms with Gasteiger partial charge in [-0.15, -0.1) is 0 Å². The third-order valence-corrected chi connectivity index (χ3v) is 5.58. The number of benzene rings is 2. The van der Waals surface area contributed by atoms with Gasteiger partial charge in [-0.1, -0.05) is 35.3 Å². The molecule has 0 spiro atoms. The summed E-state index contributed by atoms with van der Waals surface area (Å²) in [6.45, 7) is 2.46. The highest BCUT2D eigenvalue weighted by Crippen LogP contribution is 2.35. The van der Waals surface area contributed by atoms with Crippen LogP contribution >= 0.6 is 23.2 Å². The molecule has 0 atom stereocenters. The lowest BCUT2D eigenvalue weighted by molar-refractivity contribution is -0.146. The van der Waals surface area contributed by atoms with Crippen molar-refractivity contribution in [3.05, 3.63) is 57.8 Å². The van der Waals surface area contributed by atoms with E-state index in [4.69, 9.17) is 27.9 Å². The fourth-order valence-electron chi connectivity index (χ4n) is 3.35. The van der Waals surface area contributed by atoms with Crippen LogP contribution in [0.1, 0.15) is 11.4 Å². The molecule has 4 nitrogen and oxygen atoms in total. The number of imidazole rings is 1. The second kappa shape index (κ2) is 7.46. The molecule has 2 aromatic carbocycles. The van der Waals surface area contributed by atoms with E-state index >= 15 is 0 Å². The largest absolute Gasteiger partial charge is 0.449 e. The second-order valence-corrected chi connectivity index (χ2v) is 7.29. The van der Waals surface area contributed by atoms with E-state index in [0.717, 1.165) is 10.3 Å². The molecule has 0 aliphatic carbocycles. The molecule has 0 bridgehead atoms. The maximum absolute atomic E-state index is 13.7. The summed E-state index contributed by atoms with van der Waals surface area (Å²) in [5.74, 6) is -0.960. The van der Waals surface area contributed by atoms with Gasteiger partial charge in [-0.2, -0.15) is 13.2 Å². The van der Waals surface area contributed by atoms with E-state index in [2.05, 4.69) is 9.88 Å². The van der Waals surface area contributed by atoms with Gasteiger partial charge in [0.2, 0.25) is 5.82 Å². The van der Waals surface area contributed by atoms with Crippen molar-refractivity contribution >= 4 is 39.9 Å². The van der Waals surface area contributed by atoms with Crippen LogP contribution in [-0.2, 0) is 17.5 Å². The van der Waals surface area contributed by atoms with Crippen LogP contribution in [0.2, 0.25) is 10.0 Å². The number of alkyl halides is 3. The molecule has 1 saturated heterocycles. The van der Waals surface area contributed by atoms with Crippen molar-refractivity contribution < 1.29 is 17.9 Å². The first-order valence-corrected chi connectivity index (χ1v) is 9.43. The molecule has 1 fully saturated rings. The molecule has 1 aliphatic rings. The molecule has 28 heavy (non-hydrogen) atoms. The van der Waals surface area contributed by atoms with Gasteiger partial charge in [0.05, 0.1) is 40.8 Å². The van der Waals surface area contributed by atoms with Crippen molar-refractivity contribution in [2.24, 2.45) is 0 Å². The van der Waals surface area contributed by atoms with Crippen LogP contribution in [0.15, 0.2) is 36.4 Å². The summed E-state index contributed by atoms with van der Waals surface area (Å²) in [4.78, 5) is 5.92. The normalized spacial score (nSPS) is 15.4. The molecule has 0 unspecified atom stereocenters. The van der Waals surface area contributed by atoms with Crippen LogP contribution < -0.4 is 4.90 Å². The fourth-order valence-corrected chi connectivity index (χ4v) is 3.73. The van der Waals surface area contributed by atoms with E-state index in [-0.39, 0.29) is 17.1 Å². The van der Waals surface area contributed by atoms with Gasteiger partial charge in [0.15, 0.2) is 0 Å². The Kier molecular flexibility index (Phi) is 5.16. The Balaban J connectivity index is 1.84. The molecule has 0 amide bonds. The average Bonchev–Trinajstić information content (AvgIpc) is 3.04. The third-order valence-electron chi connectivity index (χ3n) is 4.72. The van der Waals surface area contributed by atoms with E-state index in [1.807, 2.05) is 0 Å². The first-order chi connectivity index (χ1) is 13.3. The third kappa shape index (κ3) is 3.66. The lowest BCUT2D eigenvalue weighted by atomic mass is 10.2. The number of ether oxygens (including phenoxy) is 1. The monoisotopic (exact) mass is 429 g/mol. The standard InChI is InChI=1S/C19H16Cl2F3N3O/c20-14-3-1-2-12(17(14)21)11-27-16-10-13(26-6-8-28-9-7-26)4-5-15(16)25-18(27)19(22,23)24/h1-5,10H,6-9,11H2. The minimum atomic E-state index is -4.59. The summed E-state index contributed by atoms with van der Waals surface area (Å²) in [7, 11) is 0. The molecular formula is C19H16Cl2F3N3O. The predicted molar refractivity (Wildman–Crippen MR) is 103 cm³/mol. The highest BCUT2D eigenvalue weighted by molar-refractivity contribution is 6.42. The predicted octanol–water partition coefficient (Wildman–Crippen LogP) is 5.25. The fraction of sp³-hybridized carbons (Fsp3) is 0.316. The van der Waals surface area contributed by atoms with E-state index in [0.29, 0.717) is 42.4 Å². The summed E-state index contributed by atoms with van der Waals surface area (Å²) >= 11 is 12.2. The maximum Gasteiger partial charge on any atom is 0.449 e. The zero-order valence-corrected chi connectivity index (χ0v) is 16.2. The molecule has 148 valence electrons. The summed E-state index contributed by atoms with van der Waals surface area (Å²) in [5, 5.41) is 0.537. The van der Waals surface area contributed by atoms with Gasteiger partial charge in [-0.05, 0) is 29.8 Å². The number of hydrogen-bond acceptors (Lipinski definition) is 3. The molecule has 4 rings (SSSR count). The highest BCUT2D eigenvalue weighted by atomic mass is 35.5. The smallest absolute Gasteiger partial charge is 0.378 e. The van der Waals surface area contributed by atoms with Gasteiger partial charge in [0, 0.05) is 18.8 Å². The number of hydrogen-bond donors (Lipinski definition) is 0. The Morgan fingerprint density at radius 2 is 1.82 bits per heavy atom. The Bertz CT molecular complexity index is 1010. The number of fused-ring (bicyclic) bond motifs is 1. The molecule has 1 aromatic heterocycles. The number of halogens is 5. The van der Waals surface area contributed by atoms with Crippen LogP contribution in [0.3, 0.4) is 0 Å². The molecule has 2 heterocycles. The Morgan fingerprint density at radius 1 is 1.07 bits per heavy atom. The van der Waals surface area contributed by atoms with E-state index in [1.165, 1.54) is 0 Å². The van der Waals surface area contributed by atoms with Gasteiger partial charge in [-0.3, -0.25) is 0 Å². The first-order valence-electron chi connectivity index (χ1n) is 8.67. The van der Waals surface area contributed by atoms with E-state index in [9.17, 15) is 13.2 Å². The molecule has 1 aliphatic heterocycles. The van der Waals surface area contributed by atoms with Crippen molar-refractivity contribution in [3.63, 3.8) is 0 Å². The average molecular weight is 430 g/mol. The van der Waals surface area contributed by atoms with Gasteiger partial charge >= 0.3 is 6.18 Å². The summed E-state index contributed by atoms with van der Waals surface area (Å²) in [5.41, 5.74) is 2.01. The summed E-state index contributed by atoms with van der Waals surface area (Å²) in [6.07, 6.45) is -4.59. The Morgan fingerprint density at radius 3 is 2.54 bits per heavy atom. The van der Waals surface area contributed by atoms with E-state index < -0.39 is 12.0 Å². The lowest BCUT2D eigenvalue weighted by Crippen LogP contribution is -2.36. The number of rotatable bonds is 3. The van der Waals surface area contributed by atoms with Gasteiger partial charge < -0.3 is 14.2 Å². The van der Waals surface area contributed by atoms with Crippen LogP contribution in [0.5, 0.6) is 0 Å². The Hall–Kier alpha value is -1.96. The highest BCUT2D eigenvalue weighted by Gasteiger charge is 2.38. The Labute approximate surface area is 169 Å². The van der Waals surface area contributed by atoms with Gasteiger partial charge in [0.25, 0.3) is 0 Å². The van der Waals surface area contributed by atoms with Crippen molar-refractivity contribution in [1.29, 1.82) is 0 Å². The minimum absolute atomic E-state index is 0.0860. The van der Waals surface area contributed by atoms with E-state index in [1.54, 1.807) is 36.4 Å². The van der Waals surface area contributed by atoms with Crippen LogP contribution in [0.25, 0.3) is 11.0 Å². The quantitative estimate of drug-likeness (QED) is 0.569. The molecule has 0 saturated carbocycles. The SMILES string of the molecule is FC(F)(F)c1nc2ccc(N3CCOCC3)cc2n1Cc1cccc(Cl)c1Cl. The molecule has 3 aromatic rings. The van der Waals surface area contributed by atoms with Gasteiger partial charge in [-0.25, -0.2) is 4.98 Å². The molecule has 0 N–H and O–H groups in total. The number of morpholine rings is 1. The van der Waals surface area contributed by atoms with Crippen molar-refractivity contribution in [2.45, 2.75) is 12.7 Å². The number of anilines is 1. The lowest BCUT2D eigenvalue weighted by Gasteiger charge is -2.28. The maximum atomic E-state index is 13.7. The van der Waals surface area contributed by atoms with Gasteiger partial charge in [0.1, 0.15) is 0 Å². The molecule has 9 heteroatoms. The topological polar surface area (TPSA) is 30.3 Å². The van der Waals surface area contributed by atoms with Crippen LogP contribution in [0.4, 0.5) is 18.9 Å². The van der Waals surface area contributed by atoms with Crippen LogP contribution in [-0.4, -0.2) is 35.9 Å². The van der Waals surface area contributed by atoms with Crippen molar-refractivity contribution in [2.75, 3.05) is 31.2 Å². The second-order valence-electron chi connectivity index (χ2n) is 6.50. The van der Waals surface area contributed by atoms with Crippen molar-refractivity contribution in [1.82, 2.24) is 9.55 Å². The summed E-state index contributed by atoms with van der Waals surface area (Å²) in [6, 6.07) is 10.1. The molecular weight excluding hydrogens is 414 g/mol. The zero-order valence-electron chi connectivity index (χ0n) is 14.6. The first kappa shape index (κ1) is 19.4. The zero-order chi connectivity index (χ0) is 19.9. The minimum Gasteiger partial charge on any atom is -0.378 e. The molecule has 0 radical (unpaired) electrons. The van der Waals surface area contributed by atoms with Crippen molar-refractivity contribution in [3.8, 4) is 0 Å². The number of nitrogens with zero attached hydrogens (tertiary/aromatic N) is 3. The number of aromatic nitrogens is 2.